The molecule has 3 amide bonds. The van der Waals surface area contributed by atoms with E-state index in [1.165, 1.54) is 4.90 Å². The first-order valence-electron chi connectivity index (χ1n) is 13.6. The van der Waals surface area contributed by atoms with Gasteiger partial charge < -0.3 is 25.7 Å². The number of rotatable bonds is 11. The van der Waals surface area contributed by atoms with Gasteiger partial charge in [0.15, 0.2) is 0 Å². The minimum atomic E-state index is -0.844. The standard InChI is InChI=1S/C29H42N4O5S/c1-18(20-10-12-21(13-11-20)25-19(2)30-17-39-25)31-27(37)23-15-22(35)16-33(23)28(38)26(29(3,4)5)32-24(36)9-7-6-8-14-34/h10-13,17-18,22-23,26,34-35H,6-9,14-16H2,1-5H3,(H,31,37)(H,32,36)/t18-,22+,23-,26?/m0/s1. The van der Waals surface area contributed by atoms with Crippen LogP contribution in [0.2, 0.25) is 0 Å². The maximum Gasteiger partial charge on any atom is 0.246 e. The second-order valence-electron chi connectivity index (χ2n) is 11.4. The molecule has 214 valence electrons. The van der Waals surface area contributed by atoms with Gasteiger partial charge in [0, 0.05) is 26.0 Å². The maximum atomic E-state index is 13.7. The third-order valence-electron chi connectivity index (χ3n) is 7.12. The summed E-state index contributed by atoms with van der Waals surface area (Å²) in [6.07, 6.45) is 1.55. The van der Waals surface area contributed by atoms with E-state index in [0.29, 0.717) is 12.8 Å². The average molecular weight is 559 g/mol. The Morgan fingerprint density at radius 3 is 2.41 bits per heavy atom. The summed E-state index contributed by atoms with van der Waals surface area (Å²) in [4.78, 5) is 46.5. The molecule has 0 bridgehead atoms. The van der Waals surface area contributed by atoms with Gasteiger partial charge in [-0.1, -0.05) is 51.5 Å². The minimum Gasteiger partial charge on any atom is -0.396 e. The van der Waals surface area contributed by atoms with Crippen LogP contribution in [-0.2, 0) is 14.4 Å². The van der Waals surface area contributed by atoms with Gasteiger partial charge in [-0.15, -0.1) is 11.3 Å². The average Bonchev–Trinajstić information content (AvgIpc) is 3.49. The molecule has 0 spiro atoms. The number of aryl methyl sites for hydroxylation is 1. The van der Waals surface area contributed by atoms with Crippen LogP contribution in [0.4, 0.5) is 0 Å². The largest absolute Gasteiger partial charge is 0.396 e. The second-order valence-corrected chi connectivity index (χ2v) is 12.3. The van der Waals surface area contributed by atoms with Gasteiger partial charge in [-0.25, -0.2) is 4.98 Å². The predicted octanol–water partition coefficient (Wildman–Crippen LogP) is 3.34. The van der Waals surface area contributed by atoms with Crippen molar-refractivity contribution in [3.63, 3.8) is 0 Å². The van der Waals surface area contributed by atoms with Crippen molar-refractivity contribution in [2.45, 2.75) is 91.0 Å². The summed E-state index contributed by atoms with van der Waals surface area (Å²) in [5.74, 6) is -0.954. The molecular weight excluding hydrogens is 516 g/mol. The maximum absolute atomic E-state index is 13.7. The lowest BCUT2D eigenvalue weighted by Gasteiger charge is -2.35. The molecule has 4 N–H and O–H groups in total. The summed E-state index contributed by atoms with van der Waals surface area (Å²) in [7, 11) is 0. The number of amides is 3. The summed E-state index contributed by atoms with van der Waals surface area (Å²) in [6.45, 7) is 9.57. The molecule has 9 nitrogen and oxygen atoms in total. The number of benzene rings is 1. The molecule has 39 heavy (non-hydrogen) atoms. The summed E-state index contributed by atoms with van der Waals surface area (Å²) in [5, 5.41) is 25.2. The zero-order valence-corrected chi connectivity index (χ0v) is 24.4. The number of likely N-dealkylation sites (tertiary alicyclic amines) is 1. The smallest absolute Gasteiger partial charge is 0.246 e. The van der Waals surface area contributed by atoms with Crippen LogP contribution < -0.4 is 10.6 Å². The Morgan fingerprint density at radius 1 is 1.13 bits per heavy atom. The highest BCUT2D eigenvalue weighted by Gasteiger charge is 2.44. The highest BCUT2D eigenvalue weighted by atomic mass is 32.1. The van der Waals surface area contributed by atoms with E-state index in [2.05, 4.69) is 15.6 Å². The fourth-order valence-electron chi connectivity index (χ4n) is 4.82. The van der Waals surface area contributed by atoms with Gasteiger partial charge >= 0.3 is 0 Å². The summed E-state index contributed by atoms with van der Waals surface area (Å²) in [5.41, 5.74) is 4.19. The molecule has 1 aromatic carbocycles. The number of carbonyl (C=O) groups excluding carboxylic acids is 3. The number of thiazole rings is 1. The molecule has 10 heteroatoms. The van der Waals surface area contributed by atoms with Crippen molar-refractivity contribution < 1.29 is 24.6 Å². The fourth-order valence-corrected chi connectivity index (χ4v) is 5.63. The number of carbonyl (C=O) groups is 3. The van der Waals surface area contributed by atoms with Gasteiger partial charge in [-0.05, 0) is 43.2 Å². The molecule has 1 aliphatic heterocycles. The van der Waals surface area contributed by atoms with E-state index >= 15 is 0 Å². The van der Waals surface area contributed by atoms with Gasteiger partial charge in [0.05, 0.1) is 28.2 Å². The van der Waals surface area contributed by atoms with E-state index in [4.69, 9.17) is 5.11 Å². The first-order valence-corrected chi connectivity index (χ1v) is 14.5. The predicted molar refractivity (Wildman–Crippen MR) is 152 cm³/mol. The van der Waals surface area contributed by atoms with Gasteiger partial charge in [-0.2, -0.15) is 0 Å². The number of aliphatic hydroxyl groups excluding tert-OH is 2. The minimum absolute atomic E-state index is 0.0349. The van der Waals surface area contributed by atoms with Crippen molar-refractivity contribution in [3.05, 3.63) is 41.0 Å². The lowest BCUT2D eigenvalue weighted by atomic mass is 9.85. The zero-order valence-electron chi connectivity index (χ0n) is 23.6. The van der Waals surface area contributed by atoms with Crippen LogP contribution in [0.1, 0.15) is 77.1 Å². The molecule has 0 saturated carbocycles. The number of aliphatic hydroxyl groups is 2. The summed E-state index contributed by atoms with van der Waals surface area (Å²) < 4.78 is 0. The van der Waals surface area contributed by atoms with Crippen LogP contribution in [0.15, 0.2) is 29.8 Å². The van der Waals surface area contributed by atoms with E-state index in [1.54, 1.807) is 11.3 Å². The van der Waals surface area contributed by atoms with Crippen molar-refractivity contribution >= 4 is 29.1 Å². The molecule has 1 aromatic heterocycles. The van der Waals surface area contributed by atoms with Crippen molar-refractivity contribution in [1.29, 1.82) is 0 Å². The first kappa shape index (κ1) is 30.7. The van der Waals surface area contributed by atoms with Crippen LogP contribution in [-0.4, -0.2) is 69.2 Å². The van der Waals surface area contributed by atoms with Crippen LogP contribution in [0, 0.1) is 12.3 Å². The van der Waals surface area contributed by atoms with Crippen LogP contribution in [0.3, 0.4) is 0 Å². The van der Waals surface area contributed by atoms with Gasteiger partial charge in [0.2, 0.25) is 17.7 Å². The third-order valence-corrected chi connectivity index (χ3v) is 8.10. The molecular formula is C29H42N4O5S. The van der Waals surface area contributed by atoms with E-state index < -0.39 is 23.6 Å². The molecule has 0 aliphatic carbocycles. The van der Waals surface area contributed by atoms with Gasteiger partial charge in [0.25, 0.3) is 0 Å². The molecule has 2 heterocycles. The Labute approximate surface area is 235 Å². The van der Waals surface area contributed by atoms with Crippen molar-refractivity contribution in [1.82, 2.24) is 20.5 Å². The highest BCUT2D eigenvalue weighted by Crippen LogP contribution is 2.29. The van der Waals surface area contributed by atoms with E-state index in [-0.39, 0.29) is 49.8 Å². The summed E-state index contributed by atoms with van der Waals surface area (Å²) >= 11 is 1.58. The first-order chi connectivity index (χ1) is 18.4. The lowest BCUT2D eigenvalue weighted by Crippen LogP contribution is -2.57. The monoisotopic (exact) mass is 558 g/mol. The second kappa shape index (κ2) is 13.5. The zero-order chi connectivity index (χ0) is 28.7. The molecule has 3 rings (SSSR count). The molecule has 0 radical (unpaired) electrons. The number of unbranched alkanes of at least 4 members (excludes halogenated alkanes) is 2. The topological polar surface area (TPSA) is 132 Å². The third kappa shape index (κ3) is 8.09. The molecule has 1 saturated heterocycles. The quantitative estimate of drug-likeness (QED) is 0.313. The Morgan fingerprint density at radius 2 is 1.82 bits per heavy atom. The fraction of sp³-hybridized carbons (Fsp3) is 0.586. The normalized spacial score (nSPS) is 19.0. The van der Waals surface area contributed by atoms with E-state index in [1.807, 2.05) is 64.4 Å². The number of aromatic nitrogens is 1. The number of hydrogen-bond acceptors (Lipinski definition) is 7. The summed E-state index contributed by atoms with van der Waals surface area (Å²) in [6, 6.07) is 5.97. The van der Waals surface area contributed by atoms with E-state index in [0.717, 1.165) is 28.1 Å². The SMILES string of the molecule is Cc1ncsc1-c1ccc([C@H](C)NC(=O)[C@@H]2C[C@@H](O)CN2C(=O)C(NC(=O)CCCCCO)C(C)(C)C)cc1. The molecule has 4 atom stereocenters. The Balaban J connectivity index is 1.68. The molecule has 1 fully saturated rings. The van der Waals surface area contributed by atoms with E-state index in [9.17, 15) is 19.5 Å². The Hall–Kier alpha value is -2.82. The lowest BCUT2D eigenvalue weighted by molar-refractivity contribution is -0.144. The van der Waals surface area contributed by atoms with Crippen LogP contribution in [0.5, 0.6) is 0 Å². The van der Waals surface area contributed by atoms with Crippen molar-refractivity contribution in [2.75, 3.05) is 13.2 Å². The number of hydrogen-bond donors (Lipinski definition) is 4. The van der Waals surface area contributed by atoms with Gasteiger partial charge in [0.1, 0.15) is 12.1 Å². The highest BCUT2D eigenvalue weighted by molar-refractivity contribution is 7.13. The number of nitrogens with one attached hydrogen (secondary N) is 2. The van der Waals surface area contributed by atoms with Crippen molar-refractivity contribution in [2.24, 2.45) is 5.41 Å². The van der Waals surface area contributed by atoms with Crippen molar-refractivity contribution in [3.8, 4) is 10.4 Å². The van der Waals surface area contributed by atoms with Crippen LogP contribution in [0.25, 0.3) is 10.4 Å². The Kier molecular flexibility index (Phi) is 10.6. The molecule has 1 unspecified atom stereocenters. The molecule has 1 aliphatic rings. The van der Waals surface area contributed by atoms with Crippen LogP contribution >= 0.6 is 11.3 Å². The number of nitrogens with zero attached hydrogens (tertiary/aromatic N) is 2. The Bertz CT molecular complexity index is 1130. The molecule has 2 aromatic rings. The number of β-amino-alcohol motifs (C(OH)–C–C–N with tert-alkyl or cyclic N) is 1. The van der Waals surface area contributed by atoms with Gasteiger partial charge in [-0.3, -0.25) is 14.4 Å².